The van der Waals surface area contributed by atoms with Gasteiger partial charge in [0, 0.05) is 35.2 Å². The molecule has 0 aliphatic carbocycles. The van der Waals surface area contributed by atoms with Crippen molar-refractivity contribution in [3.05, 3.63) is 58.9 Å². The van der Waals surface area contributed by atoms with Crippen molar-refractivity contribution in [2.24, 2.45) is 0 Å². The topological polar surface area (TPSA) is 42.0 Å². The minimum absolute atomic E-state index is 0.00178. The molecule has 1 aromatic heterocycles. The third kappa shape index (κ3) is 3.31. The summed E-state index contributed by atoms with van der Waals surface area (Å²) in [6.07, 6.45) is 3.53. The Bertz CT molecular complexity index is 555. The summed E-state index contributed by atoms with van der Waals surface area (Å²) in [5.74, 6) is 0.00178. The molecule has 3 nitrogen and oxygen atoms in total. The zero-order chi connectivity index (χ0) is 13.0. The predicted molar refractivity (Wildman–Crippen MR) is 73.0 cm³/mol. The van der Waals surface area contributed by atoms with Gasteiger partial charge < -0.3 is 5.32 Å². The molecule has 0 amide bonds. The van der Waals surface area contributed by atoms with Crippen LogP contribution in [0, 0.1) is 0 Å². The van der Waals surface area contributed by atoms with Crippen molar-refractivity contribution in [1.29, 1.82) is 0 Å². The molecule has 0 fully saturated rings. The first kappa shape index (κ1) is 12.6. The van der Waals surface area contributed by atoms with Gasteiger partial charge in [-0.15, -0.1) is 0 Å². The summed E-state index contributed by atoms with van der Waals surface area (Å²) in [6.45, 7) is 2.17. The molecule has 1 heterocycles. The van der Waals surface area contributed by atoms with Crippen LogP contribution in [0.5, 0.6) is 0 Å². The van der Waals surface area contributed by atoms with E-state index < -0.39 is 0 Å². The normalized spacial score (nSPS) is 10.1. The number of hydrogen-bond acceptors (Lipinski definition) is 3. The largest absolute Gasteiger partial charge is 0.381 e. The monoisotopic (exact) mass is 260 g/mol. The van der Waals surface area contributed by atoms with Crippen LogP contribution < -0.4 is 5.32 Å². The van der Waals surface area contributed by atoms with Crippen molar-refractivity contribution in [2.75, 3.05) is 5.32 Å². The molecule has 1 N–H and O–H groups in total. The average molecular weight is 261 g/mol. The number of benzene rings is 1. The van der Waals surface area contributed by atoms with Crippen molar-refractivity contribution in [2.45, 2.75) is 13.5 Å². The molecule has 2 aromatic rings. The Morgan fingerprint density at radius 2 is 2.22 bits per heavy atom. The lowest BCUT2D eigenvalue weighted by molar-refractivity contribution is 0.101. The zero-order valence-electron chi connectivity index (χ0n) is 9.98. The van der Waals surface area contributed by atoms with Gasteiger partial charge >= 0.3 is 0 Å². The van der Waals surface area contributed by atoms with Crippen molar-refractivity contribution in [3.63, 3.8) is 0 Å². The minimum atomic E-state index is 0.00178. The van der Waals surface area contributed by atoms with Gasteiger partial charge in [0.2, 0.25) is 0 Å². The standard InChI is InChI=1S/C14H13ClN2O/c1-10(18)12-5-13(15)7-14(6-12)17-9-11-3-2-4-16-8-11/h2-8,17H,9H2,1H3. The molecule has 0 bridgehead atoms. The molecule has 0 saturated carbocycles. The van der Waals surface area contributed by atoms with Gasteiger partial charge in [0.25, 0.3) is 0 Å². The minimum Gasteiger partial charge on any atom is -0.381 e. The Balaban J connectivity index is 2.12. The second-order valence-electron chi connectivity index (χ2n) is 4.00. The number of nitrogens with zero attached hydrogens (tertiary/aromatic N) is 1. The number of hydrogen-bond donors (Lipinski definition) is 1. The molecule has 1 aromatic carbocycles. The van der Waals surface area contributed by atoms with E-state index >= 15 is 0 Å². The van der Waals surface area contributed by atoms with Crippen molar-refractivity contribution in [3.8, 4) is 0 Å². The fraction of sp³-hybridized carbons (Fsp3) is 0.143. The average Bonchev–Trinajstić information content (AvgIpc) is 2.37. The van der Waals surface area contributed by atoms with Crippen LogP contribution in [0.1, 0.15) is 22.8 Å². The summed E-state index contributed by atoms with van der Waals surface area (Å²) in [5.41, 5.74) is 2.51. The quantitative estimate of drug-likeness (QED) is 0.855. The van der Waals surface area contributed by atoms with E-state index in [-0.39, 0.29) is 5.78 Å². The highest BCUT2D eigenvalue weighted by Crippen LogP contribution is 2.20. The lowest BCUT2D eigenvalue weighted by atomic mass is 10.1. The van der Waals surface area contributed by atoms with E-state index in [1.165, 1.54) is 6.92 Å². The Kier molecular flexibility index (Phi) is 3.95. The summed E-state index contributed by atoms with van der Waals surface area (Å²) in [6, 6.07) is 9.13. The smallest absolute Gasteiger partial charge is 0.159 e. The van der Waals surface area contributed by atoms with E-state index in [0.29, 0.717) is 17.1 Å². The number of carbonyl (C=O) groups is 1. The fourth-order valence-corrected chi connectivity index (χ4v) is 1.84. The summed E-state index contributed by atoms with van der Waals surface area (Å²) >= 11 is 5.97. The van der Waals surface area contributed by atoms with E-state index in [1.807, 2.05) is 12.1 Å². The van der Waals surface area contributed by atoms with Crippen LogP contribution in [0.25, 0.3) is 0 Å². The fourth-order valence-electron chi connectivity index (χ4n) is 1.60. The second-order valence-corrected chi connectivity index (χ2v) is 4.44. The number of nitrogens with one attached hydrogen (secondary N) is 1. The van der Waals surface area contributed by atoms with Crippen LogP contribution in [-0.2, 0) is 6.54 Å². The molecule has 0 aliphatic rings. The Morgan fingerprint density at radius 1 is 1.39 bits per heavy atom. The molecule has 0 atom stereocenters. The molecule has 4 heteroatoms. The van der Waals surface area contributed by atoms with Crippen molar-refractivity contribution < 1.29 is 4.79 Å². The highest BCUT2D eigenvalue weighted by molar-refractivity contribution is 6.31. The SMILES string of the molecule is CC(=O)c1cc(Cl)cc(NCc2cccnc2)c1. The summed E-state index contributed by atoms with van der Waals surface area (Å²) in [7, 11) is 0. The molecule has 0 saturated heterocycles. The molecule has 0 spiro atoms. The van der Waals surface area contributed by atoms with Crippen LogP contribution in [-0.4, -0.2) is 10.8 Å². The summed E-state index contributed by atoms with van der Waals surface area (Å²) in [5, 5.41) is 3.77. The van der Waals surface area contributed by atoms with Gasteiger partial charge in [0.15, 0.2) is 5.78 Å². The molecule has 92 valence electrons. The van der Waals surface area contributed by atoms with Crippen molar-refractivity contribution in [1.82, 2.24) is 4.98 Å². The van der Waals surface area contributed by atoms with Gasteiger partial charge in [-0.1, -0.05) is 17.7 Å². The Morgan fingerprint density at radius 3 is 2.89 bits per heavy atom. The van der Waals surface area contributed by atoms with Crippen LogP contribution in [0.2, 0.25) is 5.02 Å². The summed E-state index contributed by atoms with van der Waals surface area (Å²) < 4.78 is 0. The molecular weight excluding hydrogens is 248 g/mol. The first-order chi connectivity index (χ1) is 8.65. The third-order valence-electron chi connectivity index (χ3n) is 2.52. The Labute approximate surface area is 111 Å². The number of aromatic nitrogens is 1. The first-order valence-corrected chi connectivity index (χ1v) is 5.97. The van der Waals surface area contributed by atoms with Crippen LogP contribution in [0.15, 0.2) is 42.7 Å². The van der Waals surface area contributed by atoms with Gasteiger partial charge in [-0.3, -0.25) is 9.78 Å². The predicted octanol–water partition coefficient (Wildman–Crippen LogP) is 3.55. The zero-order valence-corrected chi connectivity index (χ0v) is 10.7. The van der Waals surface area contributed by atoms with E-state index in [1.54, 1.807) is 30.6 Å². The number of rotatable bonds is 4. The van der Waals surface area contributed by atoms with Crippen LogP contribution in [0.3, 0.4) is 0 Å². The maximum Gasteiger partial charge on any atom is 0.159 e. The van der Waals surface area contributed by atoms with Crippen LogP contribution in [0.4, 0.5) is 5.69 Å². The number of anilines is 1. The summed E-state index contributed by atoms with van der Waals surface area (Å²) in [4.78, 5) is 15.4. The maximum absolute atomic E-state index is 11.3. The number of pyridine rings is 1. The van der Waals surface area contributed by atoms with Gasteiger partial charge in [-0.2, -0.15) is 0 Å². The maximum atomic E-state index is 11.3. The van der Waals surface area contributed by atoms with E-state index in [4.69, 9.17) is 11.6 Å². The number of carbonyl (C=O) groups excluding carboxylic acids is 1. The lowest BCUT2D eigenvalue weighted by Crippen LogP contribution is -2.01. The van der Waals surface area contributed by atoms with E-state index in [9.17, 15) is 4.79 Å². The van der Waals surface area contributed by atoms with Gasteiger partial charge in [0.05, 0.1) is 0 Å². The second kappa shape index (κ2) is 5.65. The van der Waals surface area contributed by atoms with Gasteiger partial charge in [-0.05, 0) is 36.8 Å². The molecule has 0 unspecified atom stereocenters. The molecular formula is C14H13ClN2O. The van der Waals surface area contributed by atoms with E-state index in [0.717, 1.165) is 11.3 Å². The Hall–Kier alpha value is -1.87. The highest BCUT2D eigenvalue weighted by atomic mass is 35.5. The number of ketones is 1. The number of Topliss-reactive ketones (excluding diaryl/α,β-unsaturated/α-hetero) is 1. The van der Waals surface area contributed by atoms with Crippen molar-refractivity contribution >= 4 is 23.1 Å². The van der Waals surface area contributed by atoms with E-state index in [2.05, 4.69) is 10.3 Å². The molecule has 0 radical (unpaired) electrons. The molecule has 0 aliphatic heterocycles. The third-order valence-corrected chi connectivity index (χ3v) is 2.74. The molecule has 18 heavy (non-hydrogen) atoms. The highest BCUT2D eigenvalue weighted by Gasteiger charge is 2.03. The van der Waals surface area contributed by atoms with Crippen LogP contribution >= 0.6 is 11.6 Å². The number of halogens is 1. The first-order valence-electron chi connectivity index (χ1n) is 5.59. The van der Waals surface area contributed by atoms with Gasteiger partial charge in [0.1, 0.15) is 0 Å². The van der Waals surface area contributed by atoms with Gasteiger partial charge in [-0.25, -0.2) is 0 Å². The molecule has 2 rings (SSSR count). The lowest BCUT2D eigenvalue weighted by Gasteiger charge is -2.08.